The van der Waals surface area contributed by atoms with Crippen molar-refractivity contribution in [2.45, 2.75) is 26.8 Å². The largest absolute Gasteiger partial charge is 0.346 e. The van der Waals surface area contributed by atoms with Gasteiger partial charge in [0.25, 0.3) is 5.91 Å². The first-order chi connectivity index (χ1) is 12.7. The van der Waals surface area contributed by atoms with Crippen LogP contribution in [0.3, 0.4) is 0 Å². The van der Waals surface area contributed by atoms with Gasteiger partial charge >= 0.3 is 0 Å². The fourth-order valence-electron chi connectivity index (χ4n) is 2.45. The summed E-state index contributed by atoms with van der Waals surface area (Å²) in [7, 11) is 0. The number of carbonyl (C=O) groups excluding carboxylic acids is 3. The zero-order valence-electron chi connectivity index (χ0n) is 15.0. The highest BCUT2D eigenvalue weighted by molar-refractivity contribution is 6.00. The van der Waals surface area contributed by atoms with Gasteiger partial charge in [0.15, 0.2) is 11.6 Å². The van der Waals surface area contributed by atoms with Crippen molar-refractivity contribution in [1.82, 2.24) is 5.32 Å². The van der Waals surface area contributed by atoms with Crippen molar-refractivity contribution < 1.29 is 23.2 Å². The summed E-state index contributed by atoms with van der Waals surface area (Å²) in [5, 5.41) is 7.77. The number of carbonyl (C=O) groups is 3. The summed E-state index contributed by atoms with van der Waals surface area (Å²) in [4.78, 5) is 35.1. The van der Waals surface area contributed by atoms with E-state index in [1.165, 1.54) is 38.1 Å². The van der Waals surface area contributed by atoms with Crippen LogP contribution in [-0.4, -0.2) is 17.7 Å². The van der Waals surface area contributed by atoms with Crippen molar-refractivity contribution >= 4 is 29.1 Å². The third-order valence-electron chi connectivity index (χ3n) is 3.63. The van der Waals surface area contributed by atoms with E-state index in [1.807, 2.05) is 0 Å². The van der Waals surface area contributed by atoms with Crippen LogP contribution in [0.15, 0.2) is 36.4 Å². The molecule has 0 heterocycles. The van der Waals surface area contributed by atoms with Gasteiger partial charge in [-0.25, -0.2) is 8.78 Å². The second-order valence-corrected chi connectivity index (χ2v) is 6.03. The van der Waals surface area contributed by atoms with Crippen LogP contribution in [-0.2, 0) is 9.59 Å². The molecule has 0 bridgehead atoms. The number of hydrogen-bond acceptors (Lipinski definition) is 3. The topological polar surface area (TPSA) is 87.3 Å². The molecule has 142 valence electrons. The zero-order valence-corrected chi connectivity index (χ0v) is 15.0. The molecule has 8 heteroatoms. The van der Waals surface area contributed by atoms with Crippen LogP contribution in [0.1, 0.15) is 42.7 Å². The molecule has 0 fully saturated rings. The Kier molecular flexibility index (Phi) is 6.23. The van der Waals surface area contributed by atoms with Crippen LogP contribution >= 0.6 is 0 Å². The molecule has 0 aliphatic rings. The molecule has 6 nitrogen and oxygen atoms in total. The van der Waals surface area contributed by atoms with Crippen molar-refractivity contribution in [2.24, 2.45) is 0 Å². The first-order valence-electron chi connectivity index (χ1n) is 8.12. The summed E-state index contributed by atoms with van der Waals surface area (Å²) >= 11 is 0. The average Bonchev–Trinajstić information content (AvgIpc) is 2.55. The Labute approximate surface area is 155 Å². The van der Waals surface area contributed by atoms with Gasteiger partial charge in [0.1, 0.15) is 0 Å². The van der Waals surface area contributed by atoms with Crippen molar-refractivity contribution in [3.05, 3.63) is 59.2 Å². The fraction of sp³-hybridized carbons (Fsp3) is 0.211. The van der Waals surface area contributed by atoms with Gasteiger partial charge in [-0.15, -0.1) is 0 Å². The van der Waals surface area contributed by atoms with Gasteiger partial charge in [-0.3, -0.25) is 14.4 Å². The molecule has 0 saturated carbocycles. The van der Waals surface area contributed by atoms with E-state index < -0.39 is 23.6 Å². The average molecular weight is 375 g/mol. The zero-order chi connectivity index (χ0) is 20.1. The molecular weight excluding hydrogens is 356 g/mol. The normalized spacial score (nSPS) is 11.4. The van der Waals surface area contributed by atoms with E-state index in [2.05, 4.69) is 16.0 Å². The summed E-state index contributed by atoms with van der Waals surface area (Å²) < 4.78 is 26.4. The molecule has 3 amide bonds. The second-order valence-electron chi connectivity index (χ2n) is 6.03. The summed E-state index contributed by atoms with van der Waals surface area (Å²) in [6, 6.07) is 7.18. The number of amides is 3. The number of halogens is 2. The van der Waals surface area contributed by atoms with E-state index in [9.17, 15) is 23.2 Å². The molecule has 1 atom stereocenters. The van der Waals surface area contributed by atoms with Crippen molar-refractivity contribution in [2.75, 3.05) is 10.6 Å². The highest BCUT2D eigenvalue weighted by atomic mass is 19.2. The minimum Gasteiger partial charge on any atom is -0.346 e. The number of rotatable bonds is 5. The molecule has 1 unspecified atom stereocenters. The van der Waals surface area contributed by atoms with Crippen LogP contribution in [0.4, 0.5) is 20.2 Å². The van der Waals surface area contributed by atoms with Crippen LogP contribution < -0.4 is 16.0 Å². The first kappa shape index (κ1) is 20.0. The maximum absolute atomic E-state index is 13.4. The van der Waals surface area contributed by atoms with Gasteiger partial charge in [0, 0.05) is 30.8 Å². The van der Waals surface area contributed by atoms with E-state index >= 15 is 0 Å². The van der Waals surface area contributed by atoms with E-state index in [1.54, 1.807) is 6.92 Å². The van der Waals surface area contributed by atoms with E-state index in [0.29, 0.717) is 16.9 Å². The predicted molar refractivity (Wildman–Crippen MR) is 97.3 cm³/mol. The number of benzene rings is 2. The molecule has 0 radical (unpaired) electrons. The van der Waals surface area contributed by atoms with Crippen molar-refractivity contribution in [3.8, 4) is 0 Å². The SMILES string of the molecule is CC(=O)Nc1cc(NC(C)=O)cc(C(=O)NC(C)c2ccc(F)c(F)c2)c1. The Morgan fingerprint density at radius 3 is 1.89 bits per heavy atom. The Bertz CT molecular complexity index is 866. The highest BCUT2D eigenvalue weighted by Crippen LogP contribution is 2.21. The lowest BCUT2D eigenvalue weighted by atomic mass is 10.1. The van der Waals surface area contributed by atoms with Crippen LogP contribution in [0.5, 0.6) is 0 Å². The molecule has 0 aliphatic heterocycles. The molecule has 0 aliphatic carbocycles. The molecule has 0 saturated heterocycles. The predicted octanol–water partition coefficient (Wildman–Crippen LogP) is 3.37. The molecule has 0 spiro atoms. The first-order valence-corrected chi connectivity index (χ1v) is 8.12. The van der Waals surface area contributed by atoms with Gasteiger partial charge in [-0.2, -0.15) is 0 Å². The third kappa shape index (κ3) is 5.60. The highest BCUT2D eigenvalue weighted by Gasteiger charge is 2.15. The summed E-state index contributed by atoms with van der Waals surface area (Å²) in [5.41, 5.74) is 1.24. The van der Waals surface area contributed by atoms with E-state index in [0.717, 1.165) is 12.1 Å². The van der Waals surface area contributed by atoms with Crippen molar-refractivity contribution in [1.29, 1.82) is 0 Å². The number of nitrogens with one attached hydrogen (secondary N) is 3. The Morgan fingerprint density at radius 2 is 1.41 bits per heavy atom. The Balaban J connectivity index is 2.26. The minimum atomic E-state index is -1.01. The summed E-state index contributed by atoms with van der Waals surface area (Å²) in [6.45, 7) is 4.25. The van der Waals surface area contributed by atoms with Crippen molar-refractivity contribution in [3.63, 3.8) is 0 Å². The van der Waals surface area contributed by atoms with Gasteiger partial charge in [0.05, 0.1) is 6.04 Å². The van der Waals surface area contributed by atoms with Gasteiger partial charge in [-0.05, 0) is 42.8 Å². The molecule has 2 rings (SSSR count). The molecule has 3 N–H and O–H groups in total. The van der Waals surface area contributed by atoms with E-state index in [-0.39, 0.29) is 17.4 Å². The van der Waals surface area contributed by atoms with E-state index in [4.69, 9.17) is 0 Å². The molecule has 2 aromatic rings. The van der Waals surface area contributed by atoms with Gasteiger partial charge in [-0.1, -0.05) is 6.07 Å². The Morgan fingerprint density at radius 1 is 0.852 bits per heavy atom. The third-order valence-corrected chi connectivity index (χ3v) is 3.63. The quantitative estimate of drug-likeness (QED) is 0.749. The molecule has 0 aromatic heterocycles. The van der Waals surface area contributed by atoms with Crippen LogP contribution in [0.2, 0.25) is 0 Å². The summed E-state index contributed by atoms with van der Waals surface area (Å²) in [6.07, 6.45) is 0. The standard InChI is InChI=1S/C19H19F2N3O3/c1-10(13-4-5-17(20)18(21)8-13)22-19(27)14-6-15(23-11(2)25)9-16(7-14)24-12(3)26/h4-10H,1-3H3,(H,22,27)(H,23,25)(H,24,26). The number of anilines is 2. The van der Waals surface area contributed by atoms with Crippen LogP contribution in [0.25, 0.3) is 0 Å². The smallest absolute Gasteiger partial charge is 0.251 e. The van der Waals surface area contributed by atoms with Gasteiger partial charge in [0.2, 0.25) is 11.8 Å². The second kappa shape index (κ2) is 8.39. The molecule has 2 aromatic carbocycles. The minimum absolute atomic E-state index is 0.180. The van der Waals surface area contributed by atoms with Crippen LogP contribution in [0, 0.1) is 11.6 Å². The maximum atomic E-state index is 13.4. The Hall–Kier alpha value is -3.29. The summed E-state index contributed by atoms with van der Waals surface area (Å²) in [5.74, 6) is -3.16. The monoisotopic (exact) mass is 375 g/mol. The molecular formula is C19H19F2N3O3. The maximum Gasteiger partial charge on any atom is 0.251 e. The fourth-order valence-corrected chi connectivity index (χ4v) is 2.45. The lowest BCUT2D eigenvalue weighted by molar-refractivity contribution is -0.115. The lowest BCUT2D eigenvalue weighted by Crippen LogP contribution is -2.27. The number of hydrogen-bond donors (Lipinski definition) is 3. The lowest BCUT2D eigenvalue weighted by Gasteiger charge is -2.16. The van der Waals surface area contributed by atoms with Gasteiger partial charge < -0.3 is 16.0 Å². The molecule has 27 heavy (non-hydrogen) atoms.